The first-order valence-corrected chi connectivity index (χ1v) is 7.64. The van der Waals surface area contributed by atoms with Gasteiger partial charge < -0.3 is 9.64 Å². The second-order valence-corrected chi connectivity index (χ2v) is 5.63. The molecule has 5 heteroatoms. The Balaban J connectivity index is 2.15. The van der Waals surface area contributed by atoms with Crippen LogP contribution in [-0.2, 0) is 10.6 Å². The van der Waals surface area contributed by atoms with Crippen molar-refractivity contribution in [1.82, 2.24) is 4.98 Å². The van der Waals surface area contributed by atoms with Crippen LogP contribution in [0.5, 0.6) is 0 Å². The fourth-order valence-corrected chi connectivity index (χ4v) is 2.83. The van der Waals surface area contributed by atoms with Gasteiger partial charge in [-0.05, 0) is 41.8 Å². The summed E-state index contributed by atoms with van der Waals surface area (Å²) in [6.45, 7) is 4.84. The molecule has 0 N–H and O–H groups in total. The number of hydrogen-bond donors (Lipinski definition) is 0. The van der Waals surface area contributed by atoms with E-state index in [0.29, 0.717) is 12.0 Å². The highest BCUT2D eigenvalue weighted by Gasteiger charge is 2.20. The van der Waals surface area contributed by atoms with Crippen molar-refractivity contribution in [2.45, 2.75) is 31.7 Å². The molecule has 1 aliphatic heterocycles. The number of alkyl halides is 1. The van der Waals surface area contributed by atoms with Gasteiger partial charge in [-0.2, -0.15) is 0 Å². The van der Waals surface area contributed by atoms with Crippen molar-refractivity contribution >= 4 is 33.3 Å². The third kappa shape index (κ3) is 3.37. The third-order valence-corrected chi connectivity index (χ3v) is 3.90. The fourth-order valence-electron chi connectivity index (χ4n) is 2.26. The van der Waals surface area contributed by atoms with Crippen LogP contribution in [0.3, 0.4) is 0 Å². The Morgan fingerprint density at radius 2 is 2.44 bits per heavy atom. The zero-order valence-electron chi connectivity index (χ0n) is 10.5. The SMILES string of the molecule is CCN(CC1CCCO1)c1ncc(Br)cc1CCl. The Morgan fingerprint density at radius 3 is 3.06 bits per heavy atom. The molecular weight excluding hydrogens is 316 g/mol. The molecule has 1 aliphatic rings. The molecule has 0 spiro atoms. The van der Waals surface area contributed by atoms with Crippen molar-refractivity contribution in [3.05, 3.63) is 22.3 Å². The van der Waals surface area contributed by atoms with E-state index in [4.69, 9.17) is 16.3 Å². The van der Waals surface area contributed by atoms with Gasteiger partial charge in [-0.3, -0.25) is 0 Å². The van der Waals surface area contributed by atoms with Gasteiger partial charge in [0.1, 0.15) is 5.82 Å². The average Bonchev–Trinajstić information content (AvgIpc) is 2.89. The number of anilines is 1. The van der Waals surface area contributed by atoms with Crippen LogP contribution in [0.4, 0.5) is 5.82 Å². The molecule has 18 heavy (non-hydrogen) atoms. The Kier molecular flexibility index (Phi) is 5.27. The Morgan fingerprint density at radius 1 is 1.61 bits per heavy atom. The van der Waals surface area contributed by atoms with E-state index in [-0.39, 0.29) is 0 Å². The summed E-state index contributed by atoms with van der Waals surface area (Å²) in [7, 11) is 0. The molecule has 1 aromatic heterocycles. The summed E-state index contributed by atoms with van der Waals surface area (Å²) < 4.78 is 6.66. The van der Waals surface area contributed by atoms with Crippen molar-refractivity contribution < 1.29 is 4.74 Å². The molecule has 100 valence electrons. The van der Waals surface area contributed by atoms with Gasteiger partial charge in [0, 0.05) is 35.9 Å². The lowest BCUT2D eigenvalue weighted by Gasteiger charge is -2.26. The molecule has 1 fully saturated rings. The highest BCUT2D eigenvalue weighted by molar-refractivity contribution is 9.10. The highest BCUT2D eigenvalue weighted by Crippen LogP contribution is 2.24. The van der Waals surface area contributed by atoms with Crippen LogP contribution in [0.2, 0.25) is 0 Å². The number of halogens is 2. The van der Waals surface area contributed by atoms with Crippen LogP contribution in [0, 0.1) is 0 Å². The summed E-state index contributed by atoms with van der Waals surface area (Å²) in [5, 5.41) is 0. The molecule has 0 aromatic carbocycles. The highest BCUT2D eigenvalue weighted by atomic mass is 79.9. The van der Waals surface area contributed by atoms with Crippen LogP contribution in [-0.4, -0.2) is 30.8 Å². The normalized spacial score (nSPS) is 19.2. The minimum atomic E-state index is 0.332. The average molecular weight is 334 g/mol. The predicted molar refractivity (Wildman–Crippen MR) is 78.4 cm³/mol. The first kappa shape index (κ1) is 14.1. The van der Waals surface area contributed by atoms with Gasteiger partial charge in [-0.1, -0.05) is 0 Å². The van der Waals surface area contributed by atoms with E-state index in [0.717, 1.165) is 42.0 Å². The maximum absolute atomic E-state index is 6.00. The number of hydrogen-bond acceptors (Lipinski definition) is 3. The molecule has 2 heterocycles. The van der Waals surface area contributed by atoms with Gasteiger partial charge in [0.05, 0.1) is 12.0 Å². The van der Waals surface area contributed by atoms with Crippen LogP contribution in [0.15, 0.2) is 16.7 Å². The molecule has 0 radical (unpaired) electrons. The summed E-state index contributed by atoms with van der Waals surface area (Å²) in [4.78, 5) is 6.75. The van der Waals surface area contributed by atoms with Gasteiger partial charge in [-0.25, -0.2) is 4.98 Å². The van der Waals surface area contributed by atoms with E-state index in [1.165, 1.54) is 6.42 Å². The third-order valence-electron chi connectivity index (χ3n) is 3.18. The maximum Gasteiger partial charge on any atom is 0.133 e. The molecule has 0 bridgehead atoms. The van der Waals surface area contributed by atoms with Gasteiger partial charge >= 0.3 is 0 Å². The standard InChI is InChI=1S/C13H18BrClN2O/c1-2-17(9-12-4-3-5-18-12)13-10(7-15)6-11(14)8-16-13/h6,8,12H,2-5,7,9H2,1H3. The molecule has 0 amide bonds. The topological polar surface area (TPSA) is 25.4 Å². The van der Waals surface area contributed by atoms with E-state index in [1.54, 1.807) is 0 Å². The predicted octanol–water partition coefficient (Wildman–Crippen LogP) is 3.59. The minimum absolute atomic E-state index is 0.332. The zero-order chi connectivity index (χ0) is 13.0. The Labute approximate surface area is 122 Å². The van der Waals surface area contributed by atoms with E-state index in [2.05, 4.69) is 32.7 Å². The van der Waals surface area contributed by atoms with E-state index < -0.39 is 0 Å². The second kappa shape index (κ2) is 6.73. The summed E-state index contributed by atoms with van der Waals surface area (Å²) in [6.07, 6.45) is 4.46. The summed E-state index contributed by atoms with van der Waals surface area (Å²) in [5.41, 5.74) is 1.06. The maximum atomic E-state index is 6.00. The first-order chi connectivity index (χ1) is 8.74. The van der Waals surface area contributed by atoms with E-state index in [1.807, 2.05) is 12.3 Å². The number of ether oxygens (including phenoxy) is 1. The Hall–Kier alpha value is -0.320. The number of rotatable bonds is 5. The quantitative estimate of drug-likeness (QED) is 0.770. The second-order valence-electron chi connectivity index (χ2n) is 4.44. The lowest BCUT2D eigenvalue weighted by molar-refractivity contribution is 0.115. The van der Waals surface area contributed by atoms with Crippen LogP contribution < -0.4 is 4.90 Å². The van der Waals surface area contributed by atoms with Crippen molar-refractivity contribution in [2.24, 2.45) is 0 Å². The van der Waals surface area contributed by atoms with Gasteiger partial charge in [0.15, 0.2) is 0 Å². The van der Waals surface area contributed by atoms with Gasteiger partial charge in [0.25, 0.3) is 0 Å². The minimum Gasteiger partial charge on any atom is -0.376 e. The number of aromatic nitrogens is 1. The molecule has 3 nitrogen and oxygen atoms in total. The molecule has 0 saturated carbocycles. The molecule has 1 unspecified atom stereocenters. The van der Waals surface area contributed by atoms with Crippen LogP contribution in [0.25, 0.3) is 0 Å². The number of nitrogens with zero attached hydrogens (tertiary/aromatic N) is 2. The molecular formula is C13H18BrClN2O. The molecule has 0 aliphatic carbocycles. The van der Waals surface area contributed by atoms with E-state index in [9.17, 15) is 0 Å². The summed E-state index contributed by atoms with van der Waals surface area (Å²) in [5.74, 6) is 1.45. The van der Waals surface area contributed by atoms with Crippen LogP contribution in [0.1, 0.15) is 25.3 Å². The molecule has 1 atom stereocenters. The monoisotopic (exact) mass is 332 g/mol. The first-order valence-electron chi connectivity index (χ1n) is 6.31. The molecule has 2 rings (SSSR count). The van der Waals surface area contributed by atoms with Crippen molar-refractivity contribution in [3.63, 3.8) is 0 Å². The fraction of sp³-hybridized carbons (Fsp3) is 0.615. The lowest BCUT2D eigenvalue weighted by Crippen LogP contribution is -2.33. The van der Waals surface area contributed by atoms with Gasteiger partial charge in [0.2, 0.25) is 0 Å². The smallest absolute Gasteiger partial charge is 0.133 e. The number of likely N-dealkylation sites (N-methyl/N-ethyl adjacent to an activating group) is 1. The summed E-state index contributed by atoms with van der Waals surface area (Å²) >= 11 is 9.43. The van der Waals surface area contributed by atoms with Crippen molar-refractivity contribution in [2.75, 3.05) is 24.6 Å². The number of pyridine rings is 1. The lowest BCUT2D eigenvalue weighted by atomic mass is 10.2. The van der Waals surface area contributed by atoms with Crippen molar-refractivity contribution in [3.8, 4) is 0 Å². The molecule has 1 saturated heterocycles. The molecule has 1 aromatic rings. The zero-order valence-corrected chi connectivity index (χ0v) is 12.9. The summed E-state index contributed by atoms with van der Waals surface area (Å²) in [6, 6.07) is 2.04. The van der Waals surface area contributed by atoms with Crippen LogP contribution >= 0.6 is 27.5 Å². The van der Waals surface area contributed by atoms with Gasteiger partial charge in [-0.15, -0.1) is 11.6 Å². The largest absolute Gasteiger partial charge is 0.376 e. The van der Waals surface area contributed by atoms with E-state index >= 15 is 0 Å². The van der Waals surface area contributed by atoms with Crippen molar-refractivity contribution in [1.29, 1.82) is 0 Å². The Bertz CT molecular complexity index is 397.